The molecule has 0 aliphatic heterocycles. The molecule has 0 saturated carbocycles. The first-order valence-corrected chi connectivity index (χ1v) is 5.47. The van der Waals surface area contributed by atoms with Gasteiger partial charge in [-0.1, -0.05) is 35.5 Å². The lowest BCUT2D eigenvalue weighted by Crippen LogP contribution is -1.87. The minimum absolute atomic E-state index is 0.655. The maximum absolute atomic E-state index is 8.66. The van der Waals surface area contributed by atoms with Gasteiger partial charge in [-0.15, -0.1) is 11.3 Å². The standard InChI is InChI=1S/C12H11NOS/c1-9(13-14)11-7-8-12(15-11)10-5-3-2-4-6-10/h2-8,14H,1H3/b13-9+. The lowest BCUT2D eigenvalue weighted by molar-refractivity contribution is 0.319. The van der Waals surface area contributed by atoms with Crippen molar-refractivity contribution < 1.29 is 5.21 Å². The molecule has 1 aromatic carbocycles. The van der Waals surface area contributed by atoms with Gasteiger partial charge in [-0.05, 0) is 24.6 Å². The van der Waals surface area contributed by atoms with Gasteiger partial charge in [0.1, 0.15) is 0 Å². The van der Waals surface area contributed by atoms with Crippen LogP contribution in [-0.4, -0.2) is 10.9 Å². The van der Waals surface area contributed by atoms with Gasteiger partial charge < -0.3 is 5.21 Å². The molecule has 0 unspecified atom stereocenters. The van der Waals surface area contributed by atoms with Gasteiger partial charge in [0, 0.05) is 4.88 Å². The molecule has 2 aromatic rings. The third-order valence-corrected chi connectivity index (χ3v) is 3.41. The summed E-state index contributed by atoms with van der Waals surface area (Å²) in [5.41, 5.74) is 1.85. The summed E-state index contributed by atoms with van der Waals surface area (Å²) < 4.78 is 0. The quantitative estimate of drug-likeness (QED) is 0.465. The van der Waals surface area contributed by atoms with Crippen molar-refractivity contribution in [2.24, 2.45) is 5.16 Å². The average Bonchev–Trinajstić information content (AvgIpc) is 2.78. The van der Waals surface area contributed by atoms with Crippen molar-refractivity contribution in [3.63, 3.8) is 0 Å². The van der Waals surface area contributed by atoms with E-state index in [2.05, 4.69) is 17.3 Å². The highest BCUT2D eigenvalue weighted by Gasteiger charge is 2.04. The zero-order valence-electron chi connectivity index (χ0n) is 8.34. The van der Waals surface area contributed by atoms with Crippen LogP contribution in [0.1, 0.15) is 11.8 Å². The molecule has 0 amide bonds. The number of nitrogens with zero attached hydrogens (tertiary/aromatic N) is 1. The van der Waals surface area contributed by atoms with Gasteiger partial charge in [0.25, 0.3) is 0 Å². The van der Waals surface area contributed by atoms with Crippen molar-refractivity contribution in [2.45, 2.75) is 6.92 Å². The third-order valence-electron chi connectivity index (χ3n) is 2.17. The Labute approximate surface area is 92.5 Å². The Morgan fingerprint density at radius 1 is 1.13 bits per heavy atom. The van der Waals surface area contributed by atoms with E-state index in [1.165, 1.54) is 10.4 Å². The fourth-order valence-corrected chi connectivity index (χ4v) is 2.29. The smallest absolute Gasteiger partial charge is 0.0936 e. The summed E-state index contributed by atoms with van der Waals surface area (Å²) in [6, 6.07) is 14.2. The lowest BCUT2D eigenvalue weighted by Gasteiger charge is -1.95. The Balaban J connectivity index is 2.36. The molecule has 2 rings (SSSR count). The van der Waals surface area contributed by atoms with Crippen LogP contribution in [0.25, 0.3) is 10.4 Å². The van der Waals surface area contributed by atoms with Crippen molar-refractivity contribution in [1.82, 2.24) is 0 Å². The largest absolute Gasteiger partial charge is 0.411 e. The predicted molar refractivity (Wildman–Crippen MR) is 63.8 cm³/mol. The molecule has 1 heterocycles. The zero-order chi connectivity index (χ0) is 10.7. The lowest BCUT2D eigenvalue weighted by atomic mass is 10.2. The van der Waals surface area contributed by atoms with E-state index in [-0.39, 0.29) is 0 Å². The summed E-state index contributed by atoms with van der Waals surface area (Å²) in [5.74, 6) is 0. The van der Waals surface area contributed by atoms with Crippen molar-refractivity contribution >= 4 is 17.0 Å². The number of hydrogen-bond acceptors (Lipinski definition) is 3. The monoisotopic (exact) mass is 217 g/mol. The normalized spacial score (nSPS) is 11.7. The second-order valence-electron chi connectivity index (χ2n) is 3.22. The van der Waals surface area contributed by atoms with E-state index in [0.29, 0.717) is 5.71 Å². The number of thiophene rings is 1. The van der Waals surface area contributed by atoms with Crippen LogP contribution in [-0.2, 0) is 0 Å². The number of benzene rings is 1. The molecule has 0 aliphatic rings. The Morgan fingerprint density at radius 3 is 2.53 bits per heavy atom. The molecular weight excluding hydrogens is 206 g/mol. The van der Waals surface area contributed by atoms with E-state index >= 15 is 0 Å². The van der Waals surface area contributed by atoms with Gasteiger partial charge in [0.15, 0.2) is 0 Å². The molecule has 0 aliphatic carbocycles. The third kappa shape index (κ3) is 2.07. The second kappa shape index (κ2) is 4.28. The summed E-state index contributed by atoms with van der Waals surface area (Å²) >= 11 is 1.63. The molecule has 2 nitrogen and oxygen atoms in total. The fraction of sp³-hybridized carbons (Fsp3) is 0.0833. The van der Waals surface area contributed by atoms with Gasteiger partial charge in [-0.2, -0.15) is 0 Å². The van der Waals surface area contributed by atoms with Crippen LogP contribution >= 0.6 is 11.3 Å². The minimum atomic E-state index is 0.655. The van der Waals surface area contributed by atoms with Gasteiger partial charge in [0.05, 0.1) is 10.6 Å². The first-order chi connectivity index (χ1) is 7.31. The molecule has 0 bridgehead atoms. The van der Waals surface area contributed by atoms with Gasteiger partial charge in [0.2, 0.25) is 0 Å². The molecule has 0 spiro atoms. The zero-order valence-corrected chi connectivity index (χ0v) is 9.16. The van der Waals surface area contributed by atoms with Crippen molar-refractivity contribution in [1.29, 1.82) is 0 Å². The van der Waals surface area contributed by atoms with Crippen LogP contribution in [0.4, 0.5) is 0 Å². The first kappa shape index (κ1) is 9.93. The molecule has 3 heteroatoms. The molecule has 0 saturated heterocycles. The summed E-state index contributed by atoms with van der Waals surface area (Å²) in [6.45, 7) is 1.79. The molecule has 0 fully saturated rings. The number of rotatable bonds is 2. The summed E-state index contributed by atoms with van der Waals surface area (Å²) in [4.78, 5) is 2.19. The molecule has 15 heavy (non-hydrogen) atoms. The maximum atomic E-state index is 8.66. The molecule has 0 radical (unpaired) electrons. The van der Waals surface area contributed by atoms with Crippen LogP contribution in [0.5, 0.6) is 0 Å². The predicted octanol–water partition coefficient (Wildman–Crippen LogP) is 3.61. The topological polar surface area (TPSA) is 32.6 Å². The second-order valence-corrected chi connectivity index (χ2v) is 4.30. The average molecular weight is 217 g/mol. The summed E-state index contributed by atoms with van der Waals surface area (Å²) in [7, 11) is 0. The summed E-state index contributed by atoms with van der Waals surface area (Å²) in [6.07, 6.45) is 0. The molecule has 1 N–H and O–H groups in total. The highest BCUT2D eigenvalue weighted by molar-refractivity contribution is 7.17. The van der Waals surface area contributed by atoms with E-state index in [4.69, 9.17) is 5.21 Å². The number of oxime groups is 1. The van der Waals surface area contributed by atoms with Crippen molar-refractivity contribution in [2.75, 3.05) is 0 Å². The SMILES string of the molecule is C/C(=N\O)c1ccc(-c2ccccc2)s1. The summed E-state index contributed by atoms with van der Waals surface area (Å²) in [5, 5.41) is 11.9. The van der Waals surface area contributed by atoms with E-state index in [0.717, 1.165) is 4.88 Å². The van der Waals surface area contributed by atoms with E-state index in [1.807, 2.05) is 30.3 Å². The Bertz CT molecular complexity index is 473. The van der Waals surface area contributed by atoms with Crippen LogP contribution in [0.3, 0.4) is 0 Å². The molecule has 0 atom stereocenters. The van der Waals surface area contributed by atoms with Crippen LogP contribution in [0.15, 0.2) is 47.6 Å². The van der Waals surface area contributed by atoms with Gasteiger partial charge >= 0.3 is 0 Å². The highest BCUT2D eigenvalue weighted by Crippen LogP contribution is 2.28. The highest BCUT2D eigenvalue weighted by atomic mass is 32.1. The van der Waals surface area contributed by atoms with Gasteiger partial charge in [-0.3, -0.25) is 0 Å². The molecule has 1 aromatic heterocycles. The van der Waals surface area contributed by atoms with E-state index in [9.17, 15) is 0 Å². The van der Waals surface area contributed by atoms with E-state index < -0.39 is 0 Å². The van der Waals surface area contributed by atoms with E-state index in [1.54, 1.807) is 18.3 Å². The van der Waals surface area contributed by atoms with Crippen molar-refractivity contribution in [3.05, 3.63) is 47.3 Å². The van der Waals surface area contributed by atoms with Crippen LogP contribution in [0.2, 0.25) is 0 Å². The van der Waals surface area contributed by atoms with Crippen LogP contribution in [0, 0.1) is 0 Å². The molecule has 76 valence electrons. The molecular formula is C12H11NOS. The Morgan fingerprint density at radius 2 is 1.87 bits per heavy atom. The Hall–Kier alpha value is -1.61. The van der Waals surface area contributed by atoms with Gasteiger partial charge in [-0.25, -0.2) is 0 Å². The minimum Gasteiger partial charge on any atom is -0.411 e. The Kier molecular flexibility index (Phi) is 2.83. The first-order valence-electron chi connectivity index (χ1n) is 4.65. The number of hydrogen-bond donors (Lipinski definition) is 1. The maximum Gasteiger partial charge on any atom is 0.0936 e. The van der Waals surface area contributed by atoms with Crippen molar-refractivity contribution in [3.8, 4) is 10.4 Å². The van der Waals surface area contributed by atoms with Crippen LogP contribution < -0.4 is 0 Å². The fourth-order valence-electron chi connectivity index (χ4n) is 1.34.